The van der Waals surface area contributed by atoms with Gasteiger partial charge in [-0.25, -0.2) is 0 Å². The third kappa shape index (κ3) is 5.67. The Kier molecular flexibility index (Phi) is 8.90. The number of rotatable bonds is 8. The second-order valence-corrected chi connectivity index (χ2v) is 20.6. The zero-order valence-electron chi connectivity index (χ0n) is 39.0. The molecule has 0 amide bonds. The summed E-state index contributed by atoms with van der Waals surface area (Å²) in [4.78, 5) is 7.70. The van der Waals surface area contributed by atoms with Crippen LogP contribution in [-0.2, 0) is 18.5 Å². The normalized spacial score (nSPS) is 13.2. The molecule has 0 bridgehead atoms. The molecule has 4 heterocycles. The number of hydrogen-bond acceptors (Lipinski definition) is 4. The minimum Gasteiger partial charge on any atom is -0.341 e. The molecule has 1 spiro atoms. The van der Waals surface area contributed by atoms with Crippen LogP contribution in [0.5, 0.6) is 0 Å². The number of thiophene rings is 2. The Morgan fingerprint density at radius 2 is 0.754 bits per heavy atom. The number of aromatic nitrogens is 2. The highest BCUT2D eigenvalue weighted by molar-refractivity contribution is 7.21. The molecule has 2 aliphatic carbocycles. The number of anilines is 6. The Hall–Kier alpha value is -7.64. The van der Waals surface area contributed by atoms with Gasteiger partial charge in [-0.2, -0.15) is 0 Å². The summed E-state index contributed by atoms with van der Waals surface area (Å²) in [5, 5.41) is 9.77. The zero-order chi connectivity index (χ0) is 46.1. The average Bonchev–Trinajstić information content (AvgIpc) is 4.24. The zero-order valence-corrected chi connectivity index (χ0v) is 40.6. The van der Waals surface area contributed by atoms with Crippen molar-refractivity contribution in [1.82, 2.24) is 9.13 Å². The lowest BCUT2D eigenvalue weighted by Crippen LogP contribution is -2.26. The van der Waals surface area contributed by atoms with Gasteiger partial charge in [0.05, 0.1) is 5.41 Å². The first-order chi connectivity index (χ1) is 33.9. The molecule has 69 heavy (non-hydrogen) atoms. The lowest BCUT2D eigenvalue weighted by atomic mass is 9.71. The molecule has 0 saturated carbocycles. The molecule has 8 aromatic carbocycles. The van der Waals surface area contributed by atoms with Crippen LogP contribution in [-0.4, -0.2) is 9.13 Å². The van der Waals surface area contributed by atoms with Gasteiger partial charge in [-0.1, -0.05) is 71.8 Å². The van der Waals surface area contributed by atoms with Gasteiger partial charge in [0.15, 0.2) is 0 Å². The molecule has 0 saturated heterocycles. The molecule has 0 atom stereocenters. The van der Waals surface area contributed by atoms with Crippen LogP contribution in [0.4, 0.5) is 34.1 Å². The monoisotopic (exact) mass is 924 g/mol. The molecular formula is C63H48N4S2. The number of aryl methyl sites for hydroxylation is 4. The van der Waals surface area contributed by atoms with E-state index < -0.39 is 5.41 Å². The molecule has 0 radical (unpaired) electrons. The van der Waals surface area contributed by atoms with Gasteiger partial charge in [0.25, 0.3) is 0 Å². The molecule has 0 unspecified atom stereocenters. The summed E-state index contributed by atoms with van der Waals surface area (Å²) in [5.74, 6) is 0. The van der Waals surface area contributed by atoms with E-state index in [0.29, 0.717) is 0 Å². The standard InChI is InChI=1S/C63H48N4S2/c1-5-64-57-25-17-39(3)33-49(57)51-35-43(21-27-59(51)64)66(41-13-9-7-10-14-41)45-19-23-47-48-24-20-46(38-56(48)63(55(47)37-45)53-29-31-68-61(53)62-54(63)30-32-69-62)67(42-15-11-8-12-16-42)44-22-28-60-52(36-44)50-34-40(4)18-26-58(50)65(60)6-2/h7-38H,5-6H2,1-4H3. The highest BCUT2D eigenvalue weighted by Crippen LogP contribution is 2.66. The Balaban J connectivity index is 0.989. The van der Waals surface area contributed by atoms with Crippen molar-refractivity contribution in [3.05, 3.63) is 226 Å². The Bertz CT molecular complexity index is 3770. The summed E-state index contributed by atoms with van der Waals surface area (Å²) in [6.45, 7) is 10.7. The maximum Gasteiger partial charge on any atom is 0.0743 e. The van der Waals surface area contributed by atoms with Crippen molar-refractivity contribution in [2.75, 3.05) is 9.80 Å². The molecule has 6 heteroatoms. The molecule has 14 rings (SSSR count). The Labute approximate surface area is 410 Å². The van der Waals surface area contributed by atoms with Crippen molar-refractivity contribution >= 4 is 100 Å². The van der Waals surface area contributed by atoms with E-state index in [1.54, 1.807) is 0 Å². The quantitative estimate of drug-likeness (QED) is 0.151. The summed E-state index contributed by atoms with van der Waals surface area (Å²) in [6.07, 6.45) is 0. The van der Waals surface area contributed by atoms with Crippen molar-refractivity contribution in [1.29, 1.82) is 0 Å². The van der Waals surface area contributed by atoms with Crippen molar-refractivity contribution in [3.8, 4) is 20.9 Å². The van der Waals surface area contributed by atoms with Crippen LogP contribution in [0, 0.1) is 13.8 Å². The van der Waals surface area contributed by atoms with Crippen LogP contribution >= 0.6 is 22.7 Å². The second-order valence-electron chi connectivity index (χ2n) is 18.8. The number of fused-ring (bicyclic) bond motifs is 16. The lowest BCUT2D eigenvalue weighted by Gasteiger charge is -2.32. The third-order valence-corrected chi connectivity index (χ3v) is 17.1. The van der Waals surface area contributed by atoms with E-state index in [4.69, 9.17) is 0 Å². The maximum atomic E-state index is 2.52. The Morgan fingerprint density at radius 1 is 0.377 bits per heavy atom. The summed E-state index contributed by atoms with van der Waals surface area (Å²) in [7, 11) is 0. The van der Waals surface area contributed by atoms with Crippen LogP contribution in [0.15, 0.2) is 193 Å². The maximum absolute atomic E-state index is 2.52. The van der Waals surface area contributed by atoms with Gasteiger partial charge in [0.1, 0.15) is 0 Å². The minimum atomic E-state index is -0.502. The number of hydrogen-bond donors (Lipinski definition) is 0. The van der Waals surface area contributed by atoms with Crippen LogP contribution in [0.3, 0.4) is 0 Å². The van der Waals surface area contributed by atoms with Gasteiger partial charge in [-0.15, -0.1) is 22.7 Å². The second kappa shape index (κ2) is 15.2. The SMILES string of the molecule is CCn1c2ccc(C)cc2c2cc(N(c3ccccc3)c3ccc4c(c3)C3(c5cc(N(c6ccccc6)c6ccc7c(c6)c6cc(C)ccc6n7CC)ccc5-4)c4ccsc4-c4sccc43)ccc21. The van der Waals surface area contributed by atoms with Gasteiger partial charge in [0, 0.05) is 101 Å². The van der Waals surface area contributed by atoms with E-state index in [-0.39, 0.29) is 0 Å². The van der Waals surface area contributed by atoms with Crippen molar-refractivity contribution in [3.63, 3.8) is 0 Å². The van der Waals surface area contributed by atoms with Gasteiger partial charge < -0.3 is 18.9 Å². The highest BCUT2D eigenvalue weighted by atomic mass is 32.1. The van der Waals surface area contributed by atoms with Gasteiger partial charge >= 0.3 is 0 Å². The largest absolute Gasteiger partial charge is 0.341 e. The number of benzene rings is 8. The van der Waals surface area contributed by atoms with Crippen molar-refractivity contribution < 1.29 is 0 Å². The van der Waals surface area contributed by atoms with Crippen LogP contribution in [0.2, 0.25) is 0 Å². The summed E-state index contributed by atoms with van der Waals surface area (Å²) >= 11 is 3.75. The van der Waals surface area contributed by atoms with Crippen LogP contribution in [0.1, 0.15) is 47.2 Å². The fourth-order valence-electron chi connectivity index (χ4n) is 12.3. The molecule has 332 valence electrons. The van der Waals surface area contributed by atoms with Crippen molar-refractivity contribution in [2.45, 2.75) is 46.2 Å². The highest BCUT2D eigenvalue weighted by Gasteiger charge is 2.53. The van der Waals surface area contributed by atoms with Gasteiger partial charge in [0.2, 0.25) is 0 Å². The molecule has 4 nitrogen and oxygen atoms in total. The first kappa shape index (κ1) is 40.4. The molecule has 2 aliphatic rings. The lowest BCUT2D eigenvalue weighted by molar-refractivity contribution is 0.798. The number of nitrogens with zero attached hydrogens (tertiary/aromatic N) is 4. The molecule has 12 aromatic rings. The molecule has 4 aromatic heterocycles. The minimum absolute atomic E-state index is 0.502. The molecule has 0 fully saturated rings. The van der Waals surface area contributed by atoms with Crippen molar-refractivity contribution in [2.24, 2.45) is 0 Å². The fraction of sp³-hybridized carbons (Fsp3) is 0.111. The average molecular weight is 925 g/mol. The predicted octanol–water partition coefficient (Wildman–Crippen LogP) is 18.0. The fourth-order valence-corrected chi connectivity index (χ4v) is 14.4. The third-order valence-electron chi connectivity index (χ3n) is 15.2. The topological polar surface area (TPSA) is 16.3 Å². The van der Waals surface area contributed by atoms with E-state index in [2.05, 4.69) is 239 Å². The van der Waals surface area contributed by atoms with E-state index in [9.17, 15) is 0 Å². The summed E-state index contributed by atoms with van der Waals surface area (Å²) in [5.41, 5.74) is 22.0. The first-order valence-electron chi connectivity index (χ1n) is 24.2. The summed E-state index contributed by atoms with van der Waals surface area (Å²) in [6, 6.07) is 69.1. The van der Waals surface area contributed by atoms with E-state index >= 15 is 0 Å². The smallest absolute Gasteiger partial charge is 0.0743 e. The van der Waals surface area contributed by atoms with Gasteiger partial charge in [-0.3, -0.25) is 0 Å². The van der Waals surface area contributed by atoms with E-state index in [0.717, 1.165) is 47.2 Å². The summed E-state index contributed by atoms with van der Waals surface area (Å²) < 4.78 is 4.90. The first-order valence-corrected chi connectivity index (χ1v) is 25.9. The Morgan fingerprint density at radius 3 is 1.17 bits per heavy atom. The van der Waals surface area contributed by atoms with E-state index in [1.807, 2.05) is 22.7 Å². The van der Waals surface area contributed by atoms with E-state index in [1.165, 1.54) is 97.9 Å². The molecule has 0 N–H and O–H groups in total. The van der Waals surface area contributed by atoms with Crippen LogP contribution < -0.4 is 9.80 Å². The molecular weight excluding hydrogens is 877 g/mol. The predicted molar refractivity (Wildman–Crippen MR) is 295 cm³/mol. The van der Waals surface area contributed by atoms with Crippen LogP contribution in [0.25, 0.3) is 64.5 Å². The molecule has 0 aliphatic heterocycles. The number of para-hydroxylation sites is 2. The van der Waals surface area contributed by atoms with Gasteiger partial charge in [-0.05, 0) is 193 Å².